The largest absolute Gasteiger partial charge is 0.481 e. The molecule has 2 rings (SSSR count). The minimum atomic E-state index is -0.882. The molecule has 7 heteroatoms. The van der Waals surface area contributed by atoms with E-state index in [1.807, 2.05) is 6.07 Å². The molecule has 0 radical (unpaired) electrons. The number of likely N-dealkylation sites (tertiary alicyclic amines) is 1. The Bertz CT molecular complexity index is 612. The molecule has 110 valence electrons. The third kappa shape index (κ3) is 3.73. The van der Waals surface area contributed by atoms with E-state index in [-0.39, 0.29) is 12.6 Å². The molecule has 0 bridgehead atoms. The number of nitriles is 1. The average molecular weight is 352 g/mol. The molecule has 0 aromatic heterocycles. The number of anilines is 1. The van der Waals surface area contributed by atoms with E-state index in [1.54, 1.807) is 18.2 Å². The van der Waals surface area contributed by atoms with Crippen molar-refractivity contribution in [1.82, 2.24) is 4.90 Å². The Kier molecular flexibility index (Phi) is 4.81. The monoisotopic (exact) mass is 351 g/mol. The van der Waals surface area contributed by atoms with E-state index in [4.69, 9.17) is 10.4 Å². The van der Waals surface area contributed by atoms with Crippen LogP contribution in [-0.4, -0.2) is 35.1 Å². The molecular formula is C14H14BrN3O3. The molecule has 2 N–H and O–H groups in total. The van der Waals surface area contributed by atoms with Crippen LogP contribution < -0.4 is 5.32 Å². The Balaban J connectivity index is 2.09. The first-order valence-electron chi connectivity index (χ1n) is 6.49. The van der Waals surface area contributed by atoms with E-state index < -0.39 is 11.9 Å². The number of aliphatic carboxylic acids is 1. The van der Waals surface area contributed by atoms with Gasteiger partial charge in [0.1, 0.15) is 6.07 Å². The summed E-state index contributed by atoms with van der Waals surface area (Å²) in [4.78, 5) is 24.7. The molecule has 1 aromatic rings. The molecule has 1 unspecified atom stereocenters. The molecule has 1 heterocycles. The molecule has 2 amide bonds. The highest BCUT2D eigenvalue weighted by molar-refractivity contribution is 9.10. The topological polar surface area (TPSA) is 93.4 Å². The van der Waals surface area contributed by atoms with Gasteiger partial charge >= 0.3 is 12.0 Å². The lowest BCUT2D eigenvalue weighted by molar-refractivity contribution is -0.143. The van der Waals surface area contributed by atoms with Crippen LogP contribution in [0.1, 0.15) is 18.4 Å². The molecule has 0 aliphatic carbocycles. The zero-order valence-corrected chi connectivity index (χ0v) is 12.8. The number of carboxylic acids is 1. The van der Waals surface area contributed by atoms with Crippen LogP contribution in [0, 0.1) is 17.2 Å². The van der Waals surface area contributed by atoms with E-state index in [1.165, 1.54) is 4.90 Å². The second kappa shape index (κ2) is 6.59. The number of nitrogens with one attached hydrogen (secondary N) is 1. The number of nitrogens with zero attached hydrogens (tertiary/aromatic N) is 2. The van der Waals surface area contributed by atoms with E-state index in [2.05, 4.69) is 21.2 Å². The van der Waals surface area contributed by atoms with Crippen molar-refractivity contribution in [3.8, 4) is 6.07 Å². The van der Waals surface area contributed by atoms with Gasteiger partial charge in [-0.05, 0) is 31.0 Å². The van der Waals surface area contributed by atoms with Crippen LogP contribution in [0.2, 0.25) is 0 Å². The van der Waals surface area contributed by atoms with Crippen LogP contribution >= 0.6 is 15.9 Å². The lowest BCUT2D eigenvalue weighted by Gasteiger charge is -2.30. The van der Waals surface area contributed by atoms with Crippen molar-refractivity contribution in [3.63, 3.8) is 0 Å². The molecule has 0 saturated carbocycles. The molecule has 1 aliphatic heterocycles. The average Bonchev–Trinajstić information content (AvgIpc) is 2.47. The van der Waals surface area contributed by atoms with Gasteiger partial charge in [-0.15, -0.1) is 0 Å². The number of carboxylic acid groups (broad SMARTS) is 1. The van der Waals surface area contributed by atoms with Crippen molar-refractivity contribution >= 4 is 33.6 Å². The number of carbonyl (C=O) groups is 2. The summed E-state index contributed by atoms with van der Waals surface area (Å²) in [7, 11) is 0. The Morgan fingerprint density at radius 1 is 1.48 bits per heavy atom. The summed E-state index contributed by atoms with van der Waals surface area (Å²) < 4.78 is 0.749. The van der Waals surface area contributed by atoms with Crippen molar-refractivity contribution < 1.29 is 14.7 Å². The predicted octanol–water partition coefficient (Wildman–Crippen LogP) is 2.65. The fraction of sp³-hybridized carbons (Fsp3) is 0.357. The van der Waals surface area contributed by atoms with Gasteiger partial charge in [0.05, 0.1) is 17.2 Å². The van der Waals surface area contributed by atoms with Crippen molar-refractivity contribution in [3.05, 3.63) is 28.2 Å². The first-order chi connectivity index (χ1) is 10.0. The number of hydrogen-bond acceptors (Lipinski definition) is 3. The number of hydrogen-bond donors (Lipinski definition) is 2. The highest BCUT2D eigenvalue weighted by Gasteiger charge is 2.28. The summed E-state index contributed by atoms with van der Waals surface area (Å²) in [6.07, 6.45) is 1.24. The normalized spacial score (nSPS) is 17.9. The number of urea groups is 1. The van der Waals surface area contributed by atoms with Crippen molar-refractivity contribution in [2.45, 2.75) is 12.8 Å². The quantitative estimate of drug-likeness (QED) is 0.856. The van der Waals surface area contributed by atoms with E-state index >= 15 is 0 Å². The van der Waals surface area contributed by atoms with Crippen LogP contribution in [0.25, 0.3) is 0 Å². The lowest BCUT2D eigenvalue weighted by atomic mass is 9.99. The van der Waals surface area contributed by atoms with Gasteiger partial charge in [0.2, 0.25) is 0 Å². The second-order valence-electron chi connectivity index (χ2n) is 4.86. The highest BCUT2D eigenvalue weighted by atomic mass is 79.9. The minimum Gasteiger partial charge on any atom is -0.481 e. The molecule has 1 aromatic carbocycles. The summed E-state index contributed by atoms with van der Waals surface area (Å²) in [5.41, 5.74) is 0.771. The SMILES string of the molecule is N#Cc1ccc(Br)cc1NC(=O)N1CCCC(C(=O)O)C1. The number of benzene rings is 1. The number of halogens is 1. The first-order valence-corrected chi connectivity index (χ1v) is 7.29. The van der Waals surface area contributed by atoms with E-state index in [9.17, 15) is 9.59 Å². The Morgan fingerprint density at radius 3 is 2.90 bits per heavy atom. The van der Waals surface area contributed by atoms with Crippen LogP contribution in [0.15, 0.2) is 22.7 Å². The third-order valence-corrected chi connectivity index (χ3v) is 3.89. The smallest absolute Gasteiger partial charge is 0.321 e. The number of amides is 2. The zero-order chi connectivity index (χ0) is 15.4. The first kappa shape index (κ1) is 15.3. The Morgan fingerprint density at radius 2 is 2.24 bits per heavy atom. The van der Waals surface area contributed by atoms with Gasteiger partial charge in [-0.2, -0.15) is 5.26 Å². The molecule has 6 nitrogen and oxygen atoms in total. The molecular weight excluding hydrogens is 338 g/mol. The van der Waals surface area contributed by atoms with Gasteiger partial charge in [0.25, 0.3) is 0 Å². The summed E-state index contributed by atoms with van der Waals surface area (Å²) in [6, 6.07) is 6.60. The maximum absolute atomic E-state index is 12.2. The standard InChI is InChI=1S/C14H14BrN3O3/c15-11-4-3-9(7-16)12(6-11)17-14(21)18-5-1-2-10(8-18)13(19)20/h3-4,6,10H,1-2,5,8H2,(H,17,21)(H,19,20). The lowest BCUT2D eigenvalue weighted by Crippen LogP contribution is -2.44. The predicted molar refractivity (Wildman–Crippen MR) is 79.8 cm³/mol. The highest BCUT2D eigenvalue weighted by Crippen LogP contribution is 2.22. The van der Waals surface area contributed by atoms with Crippen LogP contribution in [-0.2, 0) is 4.79 Å². The second-order valence-corrected chi connectivity index (χ2v) is 5.77. The van der Waals surface area contributed by atoms with Gasteiger partial charge in [0.15, 0.2) is 0 Å². The molecule has 1 saturated heterocycles. The molecule has 21 heavy (non-hydrogen) atoms. The summed E-state index contributed by atoms with van der Waals surface area (Å²) >= 11 is 3.29. The van der Waals surface area contributed by atoms with E-state index in [0.717, 1.165) is 4.47 Å². The number of carbonyl (C=O) groups excluding carboxylic acids is 1. The molecule has 1 fully saturated rings. The van der Waals surface area contributed by atoms with Crippen LogP contribution in [0.3, 0.4) is 0 Å². The van der Waals surface area contributed by atoms with Crippen LogP contribution in [0.4, 0.5) is 10.5 Å². The molecule has 1 atom stereocenters. The van der Waals surface area contributed by atoms with Crippen molar-refractivity contribution in [1.29, 1.82) is 5.26 Å². The minimum absolute atomic E-state index is 0.192. The van der Waals surface area contributed by atoms with Crippen LogP contribution in [0.5, 0.6) is 0 Å². The van der Waals surface area contributed by atoms with E-state index in [0.29, 0.717) is 30.6 Å². The molecule has 0 spiro atoms. The Hall–Kier alpha value is -2.07. The van der Waals surface area contributed by atoms with Crippen molar-refractivity contribution in [2.75, 3.05) is 18.4 Å². The number of rotatable bonds is 2. The van der Waals surface area contributed by atoms with Gasteiger partial charge in [-0.3, -0.25) is 4.79 Å². The summed E-state index contributed by atoms with van der Waals surface area (Å²) in [5.74, 6) is -1.41. The van der Waals surface area contributed by atoms with Crippen molar-refractivity contribution in [2.24, 2.45) is 5.92 Å². The van der Waals surface area contributed by atoms with Gasteiger partial charge < -0.3 is 15.3 Å². The maximum Gasteiger partial charge on any atom is 0.321 e. The number of piperidine rings is 1. The Labute approximate surface area is 130 Å². The molecule has 1 aliphatic rings. The zero-order valence-electron chi connectivity index (χ0n) is 11.2. The third-order valence-electron chi connectivity index (χ3n) is 3.40. The fourth-order valence-corrected chi connectivity index (χ4v) is 2.64. The van der Waals surface area contributed by atoms with Gasteiger partial charge in [0, 0.05) is 17.6 Å². The fourth-order valence-electron chi connectivity index (χ4n) is 2.27. The van der Waals surface area contributed by atoms with Gasteiger partial charge in [-0.1, -0.05) is 15.9 Å². The summed E-state index contributed by atoms with van der Waals surface area (Å²) in [6.45, 7) is 0.711. The maximum atomic E-state index is 12.2. The summed E-state index contributed by atoms with van der Waals surface area (Å²) in [5, 5.41) is 20.8. The van der Waals surface area contributed by atoms with Gasteiger partial charge in [-0.25, -0.2) is 4.79 Å².